The van der Waals surface area contributed by atoms with Gasteiger partial charge in [-0.2, -0.15) is 9.46 Å². The number of pyridine rings is 6. The van der Waals surface area contributed by atoms with Gasteiger partial charge in [-0.05, 0) is 116 Å². The molecule has 19 heteroatoms. The highest BCUT2D eigenvalue weighted by molar-refractivity contribution is 6.31. The molecular formula is C48H48Cl3FN10O5. The number of amides is 1. The molecule has 0 saturated heterocycles. The molecule has 0 unspecified atom stereocenters. The molecule has 15 nitrogen and oxygen atoms in total. The van der Waals surface area contributed by atoms with Crippen LogP contribution in [0.5, 0.6) is 0 Å². The van der Waals surface area contributed by atoms with E-state index in [9.17, 15) is 24.4 Å². The summed E-state index contributed by atoms with van der Waals surface area (Å²) < 4.78 is 17.0. The third-order valence-electron chi connectivity index (χ3n) is 10.1. The number of aromatic nitrogens is 6. The van der Waals surface area contributed by atoms with Crippen LogP contribution in [-0.4, -0.2) is 44.1 Å². The minimum atomic E-state index is -1.00. The van der Waals surface area contributed by atoms with Crippen LogP contribution in [0.2, 0.25) is 10.0 Å². The van der Waals surface area contributed by atoms with Crippen molar-refractivity contribution in [3.8, 4) is 0 Å². The molecule has 0 fully saturated rings. The predicted molar refractivity (Wildman–Crippen MR) is 263 cm³/mol. The zero-order valence-corrected chi connectivity index (χ0v) is 39.1. The maximum Gasteiger partial charge on any atom is 0.335 e. The van der Waals surface area contributed by atoms with Crippen molar-refractivity contribution in [2.24, 2.45) is 0 Å². The van der Waals surface area contributed by atoms with Crippen LogP contribution in [0.25, 0.3) is 21.8 Å². The number of rotatable bonds is 8. The number of benzene rings is 2. The third-order valence-corrected chi connectivity index (χ3v) is 10.5. The van der Waals surface area contributed by atoms with E-state index in [1.165, 1.54) is 30.7 Å². The molecule has 6 heterocycles. The number of hydrogen-bond donors (Lipinski definition) is 5. The summed E-state index contributed by atoms with van der Waals surface area (Å²) >= 11 is 11.9. The van der Waals surface area contributed by atoms with E-state index in [0.717, 1.165) is 70.8 Å². The minimum Gasteiger partial charge on any atom is -0.618 e. The maximum absolute atomic E-state index is 12.7. The van der Waals surface area contributed by atoms with E-state index in [1.807, 2.05) is 52.0 Å². The number of anilines is 3. The van der Waals surface area contributed by atoms with Crippen LogP contribution in [0.1, 0.15) is 72.7 Å². The van der Waals surface area contributed by atoms with E-state index < -0.39 is 13.1 Å². The number of alkyl halides is 1. The Balaban J connectivity index is 0.000000241. The van der Waals surface area contributed by atoms with Gasteiger partial charge in [-0.15, -0.1) is 12.4 Å². The van der Waals surface area contributed by atoms with Crippen LogP contribution in [0.15, 0.2) is 110 Å². The average molecular weight is 971 g/mol. The van der Waals surface area contributed by atoms with Gasteiger partial charge < -0.3 is 38.0 Å². The van der Waals surface area contributed by atoms with Gasteiger partial charge in [0.1, 0.15) is 21.7 Å². The number of aromatic carboxylic acids is 1. The molecule has 67 heavy (non-hydrogen) atoms. The molecule has 0 bridgehead atoms. The van der Waals surface area contributed by atoms with Gasteiger partial charge in [0.2, 0.25) is 11.0 Å². The van der Waals surface area contributed by atoms with Crippen molar-refractivity contribution in [1.82, 2.24) is 25.3 Å². The lowest BCUT2D eigenvalue weighted by atomic mass is 10.0. The number of carbonyl (C=O) groups excluding carboxylic acids is 1. The van der Waals surface area contributed by atoms with E-state index in [-0.39, 0.29) is 23.9 Å². The first-order valence-corrected chi connectivity index (χ1v) is 20.7. The predicted octanol–water partition coefficient (Wildman–Crippen LogP) is 8.32. The molecule has 0 aliphatic heterocycles. The molecule has 6 aromatic heterocycles. The number of hydrogen-bond acceptors (Lipinski definition) is 11. The summed E-state index contributed by atoms with van der Waals surface area (Å²) in [4.78, 5) is 40.5. The second-order valence-corrected chi connectivity index (χ2v) is 15.8. The second-order valence-electron chi connectivity index (χ2n) is 15.0. The SMILES string of the molecule is Cc1cc(N)nc(C)c1CNC(=O)c1ccnc(Cc2ccc3c(cc(Cl)c[n+]3[O-])c2)c1.Cc1cc(N)nc(C)c1N.Cl.O=C(O)c1ccnc(Cc2ccc3c(cc(Cl)c[n+]3[O-])c2)c1.[2H]CF. The quantitative estimate of drug-likeness (QED) is 0.0712. The van der Waals surface area contributed by atoms with Gasteiger partial charge in [0.05, 0.1) is 25.5 Å². The van der Waals surface area contributed by atoms with E-state index in [4.69, 9.17) is 46.9 Å². The lowest BCUT2D eigenvalue weighted by Gasteiger charge is -2.12. The molecule has 0 atom stereocenters. The molecule has 1 amide bonds. The summed E-state index contributed by atoms with van der Waals surface area (Å²) in [6, 6.07) is 24.4. The smallest absolute Gasteiger partial charge is 0.335 e. The van der Waals surface area contributed by atoms with Crippen molar-refractivity contribution < 1.29 is 29.9 Å². The van der Waals surface area contributed by atoms with Crippen molar-refractivity contribution in [3.05, 3.63) is 192 Å². The second kappa shape index (κ2) is 23.7. The number of aryl methyl sites for hydroxylation is 4. The largest absolute Gasteiger partial charge is 0.618 e. The van der Waals surface area contributed by atoms with Gasteiger partial charge in [0.15, 0.2) is 12.4 Å². The van der Waals surface area contributed by atoms with Gasteiger partial charge in [-0.3, -0.25) is 19.2 Å². The molecule has 8 aromatic rings. The highest BCUT2D eigenvalue weighted by Gasteiger charge is 2.13. The highest BCUT2D eigenvalue weighted by atomic mass is 35.5. The Morgan fingerprint density at radius 2 is 1.18 bits per heavy atom. The van der Waals surface area contributed by atoms with Crippen molar-refractivity contribution in [2.45, 2.75) is 47.1 Å². The molecule has 0 aliphatic rings. The minimum absolute atomic E-state index is 0. The molecule has 8 N–H and O–H groups in total. The van der Waals surface area contributed by atoms with E-state index in [2.05, 4.69) is 25.3 Å². The van der Waals surface area contributed by atoms with Gasteiger partial charge >= 0.3 is 5.97 Å². The van der Waals surface area contributed by atoms with Crippen molar-refractivity contribution >= 4 is 86.6 Å². The summed E-state index contributed by atoms with van der Waals surface area (Å²) in [7, 11) is -1.00. The zero-order chi connectivity index (χ0) is 48.9. The van der Waals surface area contributed by atoms with Gasteiger partial charge in [-0.25, -0.2) is 14.8 Å². The normalized spacial score (nSPS) is 10.5. The number of nitrogens with one attached hydrogen (secondary N) is 1. The van der Waals surface area contributed by atoms with E-state index in [1.54, 1.807) is 54.7 Å². The Morgan fingerprint density at radius 3 is 1.66 bits per heavy atom. The fourth-order valence-corrected chi connectivity index (χ4v) is 7.35. The number of nitrogens with zero attached hydrogens (tertiary/aromatic N) is 6. The summed E-state index contributed by atoms with van der Waals surface area (Å²) in [5.41, 5.74) is 27.2. The van der Waals surface area contributed by atoms with Crippen molar-refractivity contribution in [2.75, 3.05) is 24.4 Å². The summed E-state index contributed by atoms with van der Waals surface area (Å²) in [6.07, 6.45) is 6.72. The number of carbonyl (C=O) groups is 2. The fraction of sp³-hybridized carbons (Fsp3) is 0.167. The fourth-order valence-electron chi connectivity index (χ4n) is 6.93. The van der Waals surface area contributed by atoms with Crippen LogP contribution in [-0.2, 0) is 19.4 Å². The van der Waals surface area contributed by atoms with Gasteiger partial charge in [0.25, 0.3) is 5.91 Å². The number of carboxylic acid groups (broad SMARTS) is 1. The summed E-state index contributed by atoms with van der Waals surface area (Å²) in [6.45, 7) is 7.95. The highest BCUT2D eigenvalue weighted by Crippen LogP contribution is 2.22. The standard InChI is InChI=1S/C24H22ClN5O2.C16H11ClN2O3.C7H11N3.CH3F.ClH/c1-14-7-23(26)29-15(2)21(14)12-28-24(31)17-5-6-27-20(11-17)9-16-3-4-22-18(8-16)10-19(25)13-30(22)32;17-13-7-12-5-10(1-2-15(12)19(22)9-13)6-14-8-11(16(20)21)3-4-18-14;1-4-3-6(8)10-5(2)7(4)9;1-2;/h3-8,10-11,13H,9,12H2,1-2H3,(H2,26,29)(H,28,31);1-5,7-9H,6H2,(H,20,21);3H,9H2,1-2H3,(H2,8,10);1H3;1H/i;;;1D;. The van der Waals surface area contributed by atoms with Gasteiger partial charge in [-0.1, -0.05) is 35.3 Å². The van der Waals surface area contributed by atoms with E-state index >= 15 is 0 Å². The number of fused-ring (bicyclic) bond motifs is 2. The van der Waals surface area contributed by atoms with Gasteiger partial charge in [0, 0.05) is 77.3 Å². The van der Waals surface area contributed by atoms with Crippen molar-refractivity contribution in [1.29, 1.82) is 0 Å². The number of halogens is 4. The number of carboxylic acids is 1. The Kier molecular flexibility index (Phi) is 17.9. The van der Waals surface area contributed by atoms with Crippen LogP contribution in [0.4, 0.5) is 21.7 Å². The lowest BCUT2D eigenvalue weighted by Crippen LogP contribution is -2.26. The molecule has 0 aliphatic carbocycles. The van der Waals surface area contributed by atoms with Crippen LogP contribution in [0.3, 0.4) is 0 Å². The summed E-state index contributed by atoms with van der Waals surface area (Å²) in [5, 5.41) is 37.9. The third kappa shape index (κ3) is 14.0. The van der Waals surface area contributed by atoms with Crippen LogP contribution in [0, 0.1) is 38.1 Å². The number of nitrogens with two attached hydrogens (primary N) is 3. The number of nitrogen functional groups attached to an aromatic ring is 3. The Morgan fingerprint density at radius 1 is 0.716 bits per heavy atom. The average Bonchev–Trinajstić information content (AvgIpc) is 3.25. The molecule has 2 aromatic carbocycles. The Labute approximate surface area is 403 Å². The molecular weight excluding hydrogens is 922 g/mol. The monoisotopic (exact) mass is 969 g/mol. The molecule has 0 radical (unpaired) electrons. The topological polar surface area (TPSA) is 250 Å². The first kappa shape index (κ1) is 50.6. The Hall–Kier alpha value is -7.40. The molecule has 8 rings (SSSR count). The Bertz CT molecular complexity index is 3050. The lowest BCUT2D eigenvalue weighted by molar-refractivity contribution is -0.577. The zero-order valence-electron chi connectivity index (χ0n) is 37.8. The van der Waals surface area contributed by atoms with Crippen LogP contribution >= 0.6 is 35.6 Å². The first-order chi connectivity index (χ1) is 31.8. The van der Waals surface area contributed by atoms with E-state index in [0.29, 0.717) is 63.4 Å². The van der Waals surface area contributed by atoms with Crippen molar-refractivity contribution in [3.63, 3.8) is 0 Å². The van der Waals surface area contributed by atoms with Crippen LogP contribution < -0.4 is 32.0 Å². The molecule has 0 saturated carbocycles. The summed E-state index contributed by atoms with van der Waals surface area (Å²) in [5.74, 6) is -0.178. The maximum atomic E-state index is 12.7. The molecule has 0 spiro atoms. The molecule has 348 valence electrons. The first-order valence-electron chi connectivity index (χ1n) is 20.7.